The number of methoxy groups -OCH3 is 2. The van der Waals surface area contributed by atoms with Crippen molar-refractivity contribution >= 4 is 23.4 Å². The first-order valence-corrected chi connectivity index (χ1v) is 6.64. The van der Waals surface area contributed by atoms with Crippen molar-refractivity contribution in [3.63, 3.8) is 0 Å². The lowest BCUT2D eigenvalue weighted by Gasteiger charge is -2.12. The predicted octanol–water partition coefficient (Wildman–Crippen LogP) is 1.18. The molecule has 2 atom stereocenters. The number of hydrogen-bond donors (Lipinski definition) is 3. The van der Waals surface area contributed by atoms with E-state index in [0.29, 0.717) is 24.3 Å². The van der Waals surface area contributed by atoms with Crippen LogP contribution in [0, 0.1) is 0 Å². The second-order valence-electron chi connectivity index (χ2n) is 4.74. The van der Waals surface area contributed by atoms with Gasteiger partial charge < -0.3 is 20.1 Å². The van der Waals surface area contributed by atoms with Crippen molar-refractivity contribution in [3.05, 3.63) is 24.3 Å². The lowest BCUT2D eigenvalue weighted by atomic mass is 10.2. The van der Waals surface area contributed by atoms with Gasteiger partial charge in [0.2, 0.25) is 5.91 Å². The molecule has 1 heterocycles. The van der Waals surface area contributed by atoms with E-state index in [2.05, 4.69) is 20.7 Å². The largest absolute Gasteiger partial charge is 0.453 e. The highest BCUT2D eigenvalue weighted by Crippen LogP contribution is 2.16. The lowest BCUT2D eigenvalue weighted by Crippen LogP contribution is -2.35. The van der Waals surface area contributed by atoms with E-state index >= 15 is 0 Å². The first-order chi connectivity index (χ1) is 10.1. The van der Waals surface area contributed by atoms with Crippen LogP contribution in [0.5, 0.6) is 0 Å². The Balaban J connectivity index is 1.88. The molecule has 21 heavy (non-hydrogen) atoms. The molecular weight excluding hydrogens is 274 g/mol. The van der Waals surface area contributed by atoms with Crippen LogP contribution in [0.2, 0.25) is 0 Å². The molecule has 7 heteroatoms. The van der Waals surface area contributed by atoms with Crippen LogP contribution >= 0.6 is 0 Å². The Morgan fingerprint density at radius 1 is 1.14 bits per heavy atom. The summed E-state index contributed by atoms with van der Waals surface area (Å²) in [6.07, 6.45) is 0.199. The Bertz CT molecular complexity index is 503. The van der Waals surface area contributed by atoms with Crippen LogP contribution in [0.25, 0.3) is 0 Å². The molecule has 2 rings (SSSR count). The maximum absolute atomic E-state index is 12.1. The van der Waals surface area contributed by atoms with Crippen molar-refractivity contribution in [3.8, 4) is 0 Å². The number of amides is 2. The SMILES string of the molecule is COC(=O)Nc1ccc(NC(=O)C2CC(OC)CN2)cc1. The second-order valence-corrected chi connectivity index (χ2v) is 4.74. The van der Waals surface area contributed by atoms with Gasteiger partial charge in [0.05, 0.1) is 19.3 Å². The van der Waals surface area contributed by atoms with Gasteiger partial charge in [-0.05, 0) is 30.7 Å². The summed E-state index contributed by atoms with van der Waals surface area (Å²) < 4.78 is 9.71. The summed E-state index contributed by atoms with van der Waals surface area (Å²) in [5, 5.41) is 8.47. The van der Waals surface area contributed by atoms with Crippen molar-refractivity contribution in [2.24, 2.45) is 0 Å². The number of hydrogen-bond acceptors (Lipinski definition) is 5. The maximum Gasteiger partial charge on any atom is 0.411 e. The Kier molecular flexibility index (Phi) is 5.13. The third-order valence-electron chi connectivity index (χ3n) is 3.32. The van der Waals surface area contributed by atoms with Gasteiger partial charge in [-0.1, -0.05) is 0 Å². The summed E-state index contributed by atoms with van der Waals surface area (Å²) in [6.45, 7) is 0.677. The molecule has 1 aromatic rings. The van der Waals surface area contributed by atoms with Gasteiger partial charge in [-0.2, -0.15) is 0 Å². The number of benzene rings is 1. The van der Waals surface area contributed by atoms with Crippen molar-refractivity contribution in [2.75, 3.05) is 31.4 Å². The monoisotopic (exact) mass is 293 g/mol. The summed E-state index contributed by atoms with van der Waals surface area (Å²) in [4.78, 5) is 23.1. The van der Waals surface area contributed by atoms with E-state index in [0.717, 1.165) is 0 Å². The van der Waals surface area contributed by atoms with Crippen LogP contribution in [0.3, 0.4) is 0 Å². The normalized spacial score (nSPS) is 20.9. The zero-order valence-corrected chi connectivity index (χ0v) is 12.0. The average molecular weight is 293 g/mol. The molecule has 1 aliphatic heterocycles. The molecule has 1 fully saturated rings. The molecule has 7 nitrogen and oxygen atoms in total. The predicted molar refractivity (Wildman–Crippen MR) is 78.3 cm³/mol. The van der Waals surface area contributed by atoms with Crippen molar-refractivity contribution in [1.29, 1.82) is 0 Å². The van der Waals surface area contributed by atoms with Crippen LogP contribution < -0.4 is 16.0 Å². The Hall–Kier alpha value is -2.12. The molecular formula is C14H19N3O4. The van der Waals surface area contributed by atoms with Crippen molar-refractivity contribution in [1.82, 2.24) is 5.32 Å². The molecule has 1 aliphatic rings. The van der Waals surface area contributed by atoms with E-state index in [1.807, 2.05) is 0 Å². The first-order valence-electron chi connectivity index (χ1n) is 6.64. The highest BCUT2D eigenvalue weighted by Gasteiger charge is 2.29. The van der Waals surface area contributed by atoms with Gasteiger partial charge in [0, 0.05) is 25.0 Å². The number of carbonyl (C=O) groups excluding carboxylic acids is 2. The summed E-state index contributed by atoms with van der Waals surface area (Å²) in [7, 11) is 2.94. The quantitative estimate of drug-likeness (QED) is 0.776. The molecule has 0 radical (unpaired) electrons. The fourth-order valence-corrected chi connectivity index (χ4v) is 2.12. The lowest BCUT2D eigenvalue weighted by molar-refractivity contribution is -0.118. The molecule has 0 aromatic heterocycles. The number of anilines is 2. The number of rotatable bonds is 4. The minimum Gasteiger partial charge on any atom is -0.453 e. The van der Waals surface area contributed by atoms with E-state index in [1.54, 1.807) is 31.4 Å². The highest BCUT2D eigenvalue weighted by atomic mass is 16.5. The van der Waals surface area contributed by atoms with Gasteiger partial charge in [0.1, 0.15) is 0 Å². The zero-order valence-electron chi connectivity index (χ0n) is 12.0. The van der Waals surface area contributed by atoms with Gasteiger partial charge in [0.15, 0.2) is 0 Å². The topological polar surface area (TPSA) is 88.7 Å². The number of nitrogens with one attached hydrogen (secondary N) is 3. The number of ether oxygens (including phenoxy) is 2. The van der Waals surface area contributed by atoms with E-state index in [-0.39, 0.29) is 18.1 Å². The molecule has 0 saturated carbocycles. The van der Waals surface area contributed by atoms with Crippen LogP contribution in [0.4, 0.5) is 16.2 Å². The first kappa shape index (κ1) is 15.3. The van der Waals surface area contributed by atoms with E-state index in [1.165, 1.54) is 7.11 Å². The summed E-state index contributed by atoms with van der Waals surface area (Å²) in [6, 6.07) is 6.56. The Morgan fingerprint density at radius 3 is 2.29 bits per heavy atom. The standard InChI is InChI=1S/C14H19N3O4/c1-20-11-7-12(15-8-11)13(18)16-9-3-5-10(6-4-9)17-14(19)21-2/h3-6,11-12,15H,7-8H2,1-2H3,(H,16,18)(H,17,19). The van der Waals surface area contributed by atoms with Crippen LogP contribution in [-0.4, -0.2) is 44.9 Å². The van der Waals surface area contributed by atoms with Crippen LogP contribution in [-0.2, 0) is 14.3 Å². The summed E-state index contributed by atoms with van der Waals surface area (Å²) in [5.41, 5.74) is 1.26. The van der Waals surface area contributed by atoms with Crippen molar-refractivity contribution in [2.45, 2.75) is 18.6 Å². The van der Waals surface area contributed by atoms with E-state index < -0.39 is 6.09 Å². The van der Waals surface area contributed by atoms with Crippen molar-refractivity contribution < 1.29 is 19.1 Å². The molecule has 2 unspecified atom stereocenters. The van der Waals surface area contributed by atoms with Gasteiger partial charge in [-0.25, -0.2) is 4.79 Å². The molecule has 2 amide bonds. The Labute approximate surface area is 123 Å². The van der Waals surface area contributed by atoms with Gasteiger partial charge >= 0.3 is 6.09 Å². The van der Waals surface area contributed by atoms with Crippen LogP contribution in [0.15, 0.2) is 24.3 Å². The maximum atomic E-state index is 12.1. The number of carbonyl (C=O) groups is 2. The van der Waals surface area contributed by atoms with E-state index in [4.69, 9.17) is 4.74 Å². The minimum atomic E-state index is -0.535. The molecule has 0 bridgehead atoms. The van der Waals surface area contributed by atoms with E-state index in [9.17, 15) is 9.59 Å². The molecule has 0 spiro atoms. The molecule has 1 aromatic carbocycles. The van der Waals surface area contributed by atoms with Crippen LogP contribution in [0.1, 0.15) is 6.42 Å². The molecule has 114 valence electrons. The highest BCUT2D eigenvalue weighted by molar-refractivity contribution is 5.95. The molecule has 3 N–H and O–H groups in total. The third kappa shape index (κ3) is 4.17. The average Bonchev–Trinajstić information content (AvgIpc) is 2.98. The smallest absolute Gasteiger partial charge is 0.411 e. The molecule has 0 aliphatic carbocycles. The fourth-order valence-electron chi connectivity index (χ4n) is 2.12. The van der Waals surface area contributed by atoms with Gasteiger partial charge in [-0.15, -0.1) is 0 Å². The van der Waals surface area contributed by atoms with Gasteiger partial charge in [0.25, 0.3) is 0 Å². The summed E-state index contributed by atoms with van der Waals surface area (Å²) >= 11 is 0. The fraction of sp³-hybridized carbons (Fsp3) is 0.429. The Morgan fingerprint density at radius 2 is 1.76 bits per heavy atom. The summed E-state index contributed by atoms with van der Waals surface area (Å²) in [5.74, 6) is -0.0942. The second kappa shape index (κ2) is 7.05. The van der Waals surface area contributed by atoms with Gasteiger partial charge in [-0.3, -0.25) is 10.1 Å². The zero-order chi connectivity index (χ0) is 15.2. The minimum absolute atomic E-state index is 0.0763. The molecule has 1 saturated heterocycles. The third-order valence-corrected chi connectivity index (χ3v) is 3.32.